The number of nitrogens with one attached hydrogen (secondary N) is 1. The lowest BCUT2D eigenvalue weighted by molar-refractivity contribution is -0.116. The average molecular weight is 334 g/mol. The maximum Gasteiger partial charge on any atom is 0.244 e. The number of amides is 1. The molecule has 23 heavy (non-hydrogen) atoms. The van der Waals surface area contributed by atoms with Crippen molar-refractivity contribution in [1.82, 2.24) is 10.2 Å². The molecule has 126 valence electrons. The summed E-state index contributed by atoms with van der Waals surface area (Å²) >= 11 is 1.64. The van der Waals surface area contributed by atoms with Gasteiger partial charge in [-0.1, -0.05) is 0 Å². The Morgan fingerprint density at radius 1 is 1.30 bits per heavy atom. The van der Waals surface area contributed by atoms with E-state index < -0.39 is 0 Å². The van der Waals surface area contributed by atoms with Crippen LogP contribution in [0.3, 0.4) is 0 Å². The van der Waals surface area contributed by atoms with Crippen molar-refractivity contribution in [3.8, 4) is 0 Å². The van der Waals surface area contributed by atoms with Crippen LogP contribution in [-0.2, 0) is 9.53 Å². The number of ether oxygens (including phenoxy) is 1. The summed E-state index contributed by atoms with van der Waals surface area (Å²) in [7, 11) is 0. The standard InChI is InChI=1S/C18H26N2O2S/c21-18(2-1-16-7-12-23-14-16)19-13-15-3-8-20(9-4-15)17-5-10-22-11-6-17/h1-2,7,12,14-15,17H,3-6,8-11,13H2,(H,19,21). The molecule has 2 saturated heterocycles. The first-order chi connectivity index (χ1) is 11.3. The Bertz CT molecular complexity index is 501. The molecular formula is C18H26N2O2S. The van der Waals surface area contributed by atoms with Gasteiger partial charge in [-0.25, -0.2) is 0 Å². The highest BCUT2D eigenvalue weighted by molar-refractivity contribution is 7.08. The van der Waals surface area contributed by atoms with Gasteiger partial charge in [-0.15, -0.1) is 0 Å². The highest BCUT2D eigenvalue weighted by atomic mass is 32.1. The van der Waals surface area contributed by atoms with Gasteiger partial charge in [0.15, 0.2) is 0 Å². The van der Waals surface area contributed by atoms with E-state index in [2.05, 4.69) is 10.2 Å². The van der Waals surface area contributed by atoms with Crippen molar-refractivity contribution in [3.05, 3.63) is 28.5 Å². The van der Waals surface area contributed by atoms with Crippen LogP contribution in [0.4, 0.5) is 0 Å². The summed E-state index contributed by atoms with van der Waals surface area (Å²) < 4.78 is 5.45. The molecule has 0 bridgehead atoms. The van der Waals surface area contributed by atoms with E-state index in [1.54, 1.807) is 17.4 Å². The number of rotatable bonds is 5. The van der Waals surface area contributed by atoms with Gasteiger partial charge < -0.3 is 15.0 Å². The van der Waals surface area contributed by atoms with Gasteiger partial charge in [0, 0.05) is 31.9 Å². The fourth-order valence-electron chi connectivity index (χ4n) is 3.42. The number of hydrogen-bond donors (Lipinski definition) is 1. The van der Waals surface area contributed by atoms with Gasteiger partial charge in [-0.3, -0.25) is 4.79 Å². The second-order valence-corrected chi connectivity index (χ2v) is 7.24. The number of thiophene rings is 1. The minimum Gasteiger partial charge on any atom is -0.381 e. The molecule has 0 unspecified atom stereocenters. The minimum atomic E-state index is 0.0167. The Balaban J connectivity index is 1.35. The van der Waals surface area contributed by atoms with Crippen LogP contribution in [0.2, 0.25) is 0 Å². The van der Waals surface area contributed by atoms with Gasteiger partial charge in [0.25, 0.3) is 0 Å². The zero-order valence-electron chi connectivity index (χ0n) is 13.6. The SMILES string of the molecule is O=C(C=Cc1ccsc1)NCC1CCN(C2CCOCC2)CC1. The third-order valence-corrected chi connectivity index (χ3v) is 5.59. The maximum absolute atomic E-state index is 11.9. The molecule has 2 aliphatic rings. The van der Waals surface area contributed by atoms with Crippen LogP contribution in [0, 0.1) is 5.92 Å². The van der Waals surface area contributed by atoms with Gasteiger partial charge in [-0.05, 0) is 73.2 Å². The predicted molar refractivity (Wildman–Crippen MR) is 94.5 cm³/mol. The number of nitrogens with zero attached hydrogens (tertiary/aromatic N) is 1. The molecule has 0 atom stereocenters. The van der Waals surface area contributed by atoms with Crippen LogP contribution in [0.5, 0.6) is 0 Å². The van der Waals surface area contributed by atoms with Gasteiger partial charge in [-0.2, -0.15) is 11.3 Å². The highest BCUT2D eigenvalue weighted by Gasteiger charge is 2.26. The Kier molecular flexibility index (Phi) is 6.25. The summed E-state index contributed by atoms with van der Waals surface area (Å²) in [4.78, 5) is 14.5. The number of carbonyl (C=O) groups excluding carboxylic acids is 1. The Hall–Kier alpha value is -1.17. The van der Waals surface area contributed by atoms with Gasteiger partial charge in [0.05, 0.1) is 0 Å². The molecule has 2 aliphatic heterocycles. The first-order valence-electron chi connectivity index (χ1n) is 8.61. The van der Waals surface area contributed by atoms with Crippen molar-refractivity contribution in [2.45, 2.75) is 31.7 Å². The third-order valence-electron chi connectivity index (χ3n) is 4.89. The predicted octanol–water partition coefficient (Wildman–Crippen LogP) is 2.77. The topological polar surface area (TPSA) is 41.6 Å². The lowest BCUT2D eigenvalue weighted by Crippen LogP contribution is -2.45. The Morgan fingerprint density at radius 2 is 2.09 bits per heavy atom. The molecule has 4 nitrogen and oxygen atoms in total. The second-order valence-electron chi connectivity index (χ2n) is 6.46. The molecule has 0 aliphatic carbocycles. The molecule has 3 rings (SSSR count). The normalized spacial score (nSPS) is 21.7. The van der Waals surface area contributed by atoms with Crippen molar-refractivity contribution in [3.63, 3.8) is 0 Å². The number of piperidine rings is 1. The van der Waals surface area contributed by atoms with Crippen molar-refractivity contribution >= 4 is 23.3 Å². The minimum absolute atomic E-state index is 0.0167. The van der Waals surface area contributed by atoms with Crippen LogP contribution < -0.4 is 5.32 Å². The summed E-state index contributed by atoms with van der Waals surface area (Å²) in [5.74, 6) is 0.632. The zero-order chi connectivity index (χ0) is 15.9. The lowest BCUT2D eigenvalue weighted by Gasteiger charge is -2.39. The van der Waals surface area contributed by atoms with Crippen LogP contribution in [0.15, 0.2) is 22.9 Å². The fraction of sp³-hybridized carbons (Fsp3) is 0.611. The van der Waals surface area contributed by atoms with Crippen molar-refractivity contribution in [2.75, 3.05) is 32.8 Å². The second kappa shape index (κ2) is 8.62. The van der Waals surface area contributed by atoms with E-state index in [9.17, 15) is 4.79 Å². The van der Waals surface area contributed by atoms with Crippen LogP contribution >= 0.6 is 11.3 Å². The summed E-state index contributed by atoms with van der Waals surface area (Å²) in [5.41, 5.74) is 1.09. The van der Waals surface area contributed by atoms with E-state index in [-0.39, 0.29) is 5.91 Å². The molecule has 1 aromatic heterocycles. The molecule has 1 amide bonds. The zero-order valence-corrected chi connectivity index (χ0v) is 14.4. The smallest absolute Gasteiger partial charge is 0.244 e. The van der Waals surface area contributed by atoms with E-state index in [0.29, 0.717) is 12.0 Å². The highest BCUT2D eigenvalue weighted by Crippen LogP contribution is 2.22. The summed E-state index contributed by atoms with van der Waals surface area (Å²) in [6.45, 7) is 4.95. The van der Waals surface area contributed by atoms with Crippen molar-refractivity contribution in [2.24, 2.45) is 5.92 Å². The van der Waals surface area contributed by atoms with E-state index in [0.717, 1.165) is 38.4 Å². The molecular weight excluding hydrogens is 308 g/mol. The van der Waals surface area contributed by atoms with Gasteiger partial charge in [0.2, 0.25) is 5.91 Å². The monoisotopic (exact) mass is 334 g/mol. The maximum atomic E-state index is 11.9. The molecule has 1 N–H and O–H groups in total. The van der Waals surface area contributed by atoms with E-state index in [1.165, 1.54) is 25.7 Å². The molecule has 0 saturated carbocycles. The molecule has 3 heterocycles. The Labute approximate surface area is 142 Å². The van der Waals surface area contributed by atoms with Crippen LogP contribution in [0.25, 0.3) is 6.08 Å². The molecule has 0 radical (unpaired) electrons. The first kappa shape index (κ1) is 16.7. The summed E-state index contributed by atoms with van der Waals surface area (Å²) in [6.07, 6.45) is 8.24. The van der Waals surface area contributed by atoms with Gasteiger partial charge >= 0.3 is 0 Å². The molecule has 1 aromatic rings. The molecule has 2 fully saturated rings. The fourth-order valence-corrected chi connectivity index (χ4v) is 4.05. The molecule has 0 spiro atoms. The summed E-state index contributed by atoms with van der Waals surface area (Å²) in [5, 5.41) is 7.10. The number of hydrogen-bond acceptors (Lipinski definition) is 4. The van der Waals surface area contributed by atoms with E-state index >= 15 is 0 Å². The first-order valence-corrected chi connectivity index (χ1v) is 9.55. The van der Waals surface area contributed by atoms with E-state index in [4.69, 9.17) is 4.74 Å². The molecule has 5 heteroatoms. The van der Waals surface area contributed by atoms with Crippen molar-refractivity contribution < 1.29 is 9.53 Å². The van der Waals surface area contributed by atoms with Gasteiger partial charge in [0.1, 0.15) is 0 Å². The molecule has 0 aromatic carbocycles. The van der Waals surface area contributed by atoms with Crippen LogP contribution in [-0.4, -0.2) is 49.7 Å². The quantitative estimate of drug-likeness (QED) is 0.842. The van der Waals surface area contributed by atoms with Crippen molar-refractivity contribution in [1.29, 1.82) is 0 Å². The summed E-state index contributed by atoms with van der Waals surface area (Å²) in [6, 6.07) is 2.73. The van der Waals surface area contributed by atoms with Crippen LogP contribution in [0.1, 0.15) is 31.2 Å². The van der Waals surface area contributed by atoms with E-state index in [1.807, 2.05) is 22.9 Å². The largest absolute Gasteiger partial charge is 0.381 e. The number of carbonyl (C=O) groups is 1. The average Bonchev–Trinajstić information content (AvgIpc) is 3.13. The Morgan fingerprint density at radius 3 is 2.78 bits per heavy atom. The number of likely N-dealkylation sites (tertiary alicyclic amines) is 1. The third kappa shape index (κ3) is 5.16. The lowest BCUT2D eigenvalue weighted by atomic mass is 9.94.